The number of aromatic nitrogens is 6. The Bertz CT molecular complexity index is 1700. The summed E-state index contributed by atoms with van der Waals surface area (Å²) in [5, 5.41) is 23.8. The topological polar surface area (TPSA) is 111 Å². The molecule has 1 amide bonds. The molecular formula is C31H32FN7O3. The lowest BCUT2D eigenvalue weighted by Gasteiger charge is -2.32. The van der Waals surface area contributed by atoms with E-state index in [1.54, 1.807) is 17.6 Å². The summed E-state index contributed by atoms with van der Waals surface area (Å²) >= 11 is 0. The smallest absolute Gasteiger partial charge is 0.248 e. The van der Waals surface area contributed by atoms with Crippen LogP contribution in [-0.4, -0.2) is 65.2 Å². The second-order valence-corrected chi connectivity index (χ2v) is 11.0. The average molecular weight is 570 g/mol. The molecule has 10 nitrogen and oxygen atoms in total. The van der Waals surface area contributed by atoms with Crippen molar-refractivity contribution in [3.05, 3.63) is 71.7 Å². The van der Waals surface area contributed by atoms with Gasteiger partial charge in [0.1, 0.15) is 22.8 Å². The van der Waals surface area contributed by atoms with Crippen LogP contribution in [0.3, 0.4) is 0 Å². The summed E-state index contributed by atoms with van der Waals surface area (Å²) in [4.78, 5) is 18.3. The molecule has 216 valence electrons. The standard InChI is InChI=1S/C31H32FN7O3/c1-19(2)31(41)37-12-10-25(11-13-37)39-20(3)29(35-36-39)23-14-27(42-28(18-40)26-9-8-24(32)16-33-26)30-22(7-6-21-4-5-21)15-34-38(30)17-23/h8-9,14-17,21,25,28,40H,1,4-5,10-13,18H2,2-3H3. The van der Waals surface area contributed by atoms with E-state index in [4.69, 9.17) is 4.74 Å². The van der Waals surface area contributed by atoms with Crippen molar-refractivity contribution in [2.75, 3.05) is 19.7 Å². The van der Waals surface area contributed by atoms with E-state index in [2.05, 4.69) is 38.8 Å². The van der Waals surface area contributed by atoms with Crippen LogP contribution in [0.15, 0.2) is 48.9 Å². The first kappa shape index (κ1) is 27.6. The van der Waals surface area contributed by atoms with Crippen LogP contribution >= 0.6 is 0 Å². The third-order valence-corrected chi connectivity index (χ3v) is 7.74. The first-order chi connectivity index (χ1) is 20.3. The van der Waals surface area contributed by atoms with Gasteiger partial charge < -0.3 is 14.7 Å². The van der Waals surface area contributed by atoms with Crippen molar-refractivity contribution in [3.63, 3.8) is 0 Å². The number of aliphatic hydroxyl groups excluding tert-OH is 1. The van der Waals surface area contributed by atoms with E-state index < -0.39 is 11.9 Å². The number of carbonyl (C=O) groups excluding carboxylic acids is 1. The molecule has 1 atom stereocenters. The molecule has 1 unspecified atom stereocenters. The number of fused-ring (bicyclic) bond motifs is 1. The maximum Gasteiger partial charge on any atom is 0.248 e. The predicted octanol–water partition coefficient (Wildman–Crippen LogP) is 4.05. The van der Waals surface area contributed by atoms with E-state index in [1.165, 1.54) is 12.1 Å². The maximum absolute atomic E-state index is 13.5. The molecule has 1 aliphatic carbocycles. The minimum Gasteiger partial charge on any atom is -0.479 e. The highest BCUT2D eigenvalue weighted by Gasteiger charge is 2.27. The van der Waals surface area contributed by atoms with Crippen LogP contribution in [0.1, 0.15) is 61.7 Å². The number of pyridine rings is 2. The zero-order valence-corrected chi connectivity index (χ0v) is 23.6. The van der Waals surface area contributed by atoms with Crippen LogP contribution in [-0.2, 0) is 4.79 Å². The zero-order chi connectivity index (χ0) is 29.4. The number of rotatable bonds is 7. The van der Waals surface area contributed by atoms with E-state index in [1.807, 2.05) is 28.8 Å². The van der Waals surface area contributed by atoms with Gasteiger partial charge in [0, 0.05) is 36.3 Å². The lowest BCUT2D eigenvalue weighted by atomic mass is 10.0. The fraction of sp³-hybridized carbons (Fsp3) is 0.387. The Morgan fingerprint density at radius 1 is 1.24 bits per heavy atom. The zero-order valence-electron chi connectivity index (χ0n) is 23.6. The number of likely N-dealkylation sites (tertiary alicyclic amines) is 1. The maximum atomic E-state index is 13.5. The van der Waals surface area contributed by atoms with Crippen molar-refractivity contribution >= 4 is 11.4 Å². The molecule has 6 rings (SSSR count). The van der Waals surface area contributed by atoms with Crippen molar-refractivity contribution in [2.24, 2.45) is 5.92 Å². The Labute approximate surface area is 242 Å². The second kappa shape index (κ2) is 11.4. The lowest BCUT2D eigenvalue weighted by molar-refractivity contribution is -0.128. The van der Waals surface area contributed by atoms with E-state index in [0.717, 1.165) is 43.1 Å². The molecule has 2 aliphatic rings. The molecular weight excluding hydrogens is 537 g/mol. The van der Waals surface area contributed by atoms with E-state index in [-0.39, 0.29) is 18.6 Å². The number of carbonyl (C=O) groups is 1. The molecule has 0 spiro atoms. The Morgan fingerprint density at radius 2 is 2.02 bits per heavy atom. The minimum atomic E-state index is -0.840. The number of piperidine rings is 1. The second-order valence-electron chi connectivity index (χ2n) is 11.0. The third kappa shape index (κ3) is 5.50. The van der Waals surface area contributed by atoms with Crippen LogP contribution in [0.2, 0.25) is 0 Å². The quantitative estimate of drug-likeness (QED) is 0.264. The molecule has 11 heteroatoms. The molecule has 0 radical (unpaired) electrons. The molecule has 1 aliphatic heterocycles. The van der Waals surface area contributed by atoms with Gasteiger partial charge in [-0.05, 0) is 57.7 Å². The summed E-state index contributed by atoms with van der Waals surface area (Å²) in [6.07, 6.45) is 7.55. The summed E-state index contributed by atoms with van der Waals surface area (Å²) in [5.74, 6) is 6.88. The monoisotopic (exact) mass is 569 g/mol. The number of nitrogens with zero attached hydrogens (tertiary/aromatic N) is 7. The normalized spacial score (nSPS) is 16.2. The Kier molecular flexibility index (Phi) is 7.47. The summed E-state index contributed by atoms with van der Waals surface area (Å²) in [5.41, 5.74) is 4.58. The van der Waals surface area contributed by atoms with Gasteiger partial charge in [0.15, 0.2) is 6.10 Å². The molecule has 1 saturated heterocycles. The summed E-state index contributed by atoms with van der Waals surface area (Å²) in [6, 6.07) is 4.73. The molecule has 4 aromatic heterocycles. The number of halogens is 1. The van der Waals surface area contributed by atoms with Crippen LogP contribution in [0.25, 0.3) is 16.8 Å². The summed E-state index contributed by atoms with van der Waals surface area (Å²) < 4.78 is 23.5. The minimum absolute atomic E-state index is 0.0114. The van der Waals surface area contributed by atoms with Crippen LogP contribution in [0.4, 0.5) is 4.39 Å². The van der Waals surface area contributed by atoms with Crippen molar-refractivity contribution < 1.29 is 19.0 Å². The molecule has 2 fully saturated rings. The van der Waals surface area contributed by atoms with Gasteiger partial charge in [-0.15, -0.1) is 5.10 Å². The van der Waals surface area contributed by atoms with Gasteiger partial charge >= 0.3 is 0 Å². The van der Waals surface area contributed by atoms with Crippen molar-refractivity contribution in [1.29, 1.82) is 0 Å². The highest BCUT2D eigenvalue weighted by Crippen LogP contribution is 2.35. The fourth-order valence-corrected chi connectivity index (χ4v) is 5.26. The Balaban J connectivity index is 1.34. The number of hydrogen-bond acceptors (Lipinski definition) is 7. The Hall–Kier alpha value is -4.56. The van der Waals surface area contributed by atoms with Gasteiger partial charge in [0.05, 0.1) is 42.0 Å². The van der Waals surface area contributed by atoms with Gasteiger partial charge in [-0.2, -0.15) is 5.10 Å². The average Bonchev–Trinajstić information content (AvgIpc) is 3.62. The fourth-order valence-electron chi connectivity index (χ4n) is 5.26. The number of amides is 1. The highest BCUT2D eigenvalue weighted by atomic mass is 19.1. The van der Waals surface area contributed by atoms with E-state index >= 15 is 0 Å². The van der Waals surface area contributed by atoms with Crippen LogP contribution in [0, 0.1) is 30.5 Å². The van der Waals surface area contributed by atoms with Crippen molar-refractivity contribution in [1.82, 2.24) is 34.5 Å². The van der Waals surface area contributed by atoms with Gasteiger partial charge in [0.25, 0.3) is 0 Å². The Morgan fingerprint density at radius 3 is 2.69 bits per heavy atom. The van der Waals surface area contributed by atoms with Gasteiger partial charge in [-0.1, -0.05) is 23.6 Å². The summed E-state index contributed by atoms with van der Waals surface area (Å²) in [6.45, 7) is 8.38. The molecule has 1 N–H and O–H groups in total. The van der Waals surface area contributed by atoms with Crippen molar-refractivity contribution in [3.8, 4) is 28.8 Å². The molecule has 4 aromatic rings. The van der Waals surface area contributed by atoms with Crippen LogP contribution in [0.5, 0.6) is 5.75 Å². The largest absolute Gasteiger partial charge is 0.479 e. The highest BCUT2D eigenvalue weighted by molar-refractivity contribution is 5.92. The first-order valence-electron chi connectivity index (χ1n) is 14.1. The SMILES string of the molecule is C=C(C)C(=O)N1CCC(n2nnc(-c3cc(OC(CO)c4ccc(F)cn4)c4c(C#CC5CC5)cnn4c3)c2C)CC1. The van der Waals surface area contributed by atoms with E-state index in [9.17, 15) is 14.3 Å². The number of hydrogen-bond donors (Lipinski definition) is 1. The van der Waals surface area contributed by atoms with Gasteiger partial charge in [-0.3, -0.25) is 9.78 Å². The molecule has 0 aromatic carbocycles. The molecule has 5 heterocycles. The van der Waals surface area contributed by atoms with Crippen molar-refractivity contribution in [2.45, 2.75) is 51.7 Å². The van der Waals surface area contributed by atoms with Gasteiger partial charge in [-0.25, -0.2) is 13.6 Å². The number of ether oxygens (including phenoxy) is 1. The first-order valence-corrected chi connectivity index (χ1v) is 14.1. The molecule has 0 bridgehead atoms. The lowest BCUT2D eigenvalue weighted by Crippen LogP contribution is -2.39. The third-order valence-electron chi connectivity index (χ3n) is 7.74. The number of aliphatic hydroxyl groups is 1. The van der Waals surface area contributed by atoms with Crippen LogP contribution < -0.4 is 4.74 Å². The van der Waals surface area contributed by atoms with E-state index in [0.29, 0.717) is 52.8 Å². The molecule has 42 heavy (non-hydrogen) atoms. The predicted molar refractivity (Wildman–Crippen MR) is 153 cm³/mol. The van der Waals surface area contributed by atoms with Gasteiger partial charge in [0.2, 0.25) is 5.91 Å². The molecule has 1 saturated carbocycles. The summed E-state index contributed by atoms with van der Waals surface area (Å²) in [7, 11) is 0.